The minimum Gasteiger partial charge on any atom is -0.491 e. The van der Waals surface area contributed by atoms with Crippen molar-refractivity contribution in [3.63, 3.8) is 0 Å². The third-order valence-corrected chi connectivity index (χ3v) is 4.26. The topological polar surface area (TPSA) is 82.5 Å². The van der Waals surface area contributed by atoms with Crippen LogP contribution in [0, 0.1) is 0 Å². The van der Waals surface area contributed by atoms with E-state index in [1.807, 2.05) is 82.3 Å². The highest BCUT2D eigenvalue weighted by Gasteiger charge is 2.10. The van der Waals surface area contributed by atoms with Crippen molar-refractivity contribution in [2.75, 3.05) is 16.8 Å². The Morgan fingerprint density at radius 1 is 0.690 bits per heavy atom. The number of anilines is 4. The Balaban J connectivity index is 1.84. The van der Waals surface area contributed by atoms with E-state index >= 15 is 0 Å². The molecule has 0 atom stereocenters. The molecule has 0 saturated heterocycles. The second kappa shape index (κ2) is 8.78. The molecule has 0 unspecified atom stereocenters. The number of hydrogen-bond donors (Lipinski definition) is 3. The summed E-state index contributed by atoms with van der Waals surface area (Å²) in [5.74, 6) is 1.67. The summed E-state index contributed by atoms with van der Waals surface area (Å²) in [5.41, 5.74) is 17.3. The minimum atomic E-state index is 0.135. The number of nitrogen functional groups attached to an aromatic ring is 2. The molecule has 0 bridgehead atoms. The minimum absolute atomic E-state index is 0.135. The van der Waals surface area contributed by atoms with Crippen LogP contribution in [-0.2, 0) is 0 Å². The summed E-state index contributed by atoms with van der Waals surface area (Å²) < 4.78 is 11.4. The van der Waals surface area contributed by atoms with Crippen molar-refractivity contribution in [1.82, 2.24) is 0 Å². The van der Waals surface area contributed by atoms with E-state index in [0.717, 1.165) is 34.0 Å². The van der Waals surface area contributed by atoms with Gasteiger partial charge in [0.25, 0.3) is 0 Å². The van der Waals surface area contributed by atoms with Gasteiger partial charge in [0.15, 0.2) is 0 Å². The third-order valence-electron chi connectivity index (χ3n) is 4.26. The van der Waals surface area contributed by atoms with Gasteiger partial charge in [-0.1, -0.05) is 12.1 Å². The molecule has 3 rings (SSSR count). The predicted octanol–water partition coefficient (Wildman–Crippen LogP) is 5.84. The van der Waals surface area contributed by atoms with Crippen LogP contribution in [0.1, 0.15) is 27.7 Å². The van der Waals surface area contributed by atoms with E-state index in [2.05, 4.69) is 5.32 Å². The molecule has 0 heterocycles. The van der Waals surface area contributed by atoms with Crippen molar-refractivity contribution in [2.24, 2.45) is 0 Å². The lowest BCUT2D eigenvalue weighted by molar-refractivity contribution is 0.242. The summed E-state index contributed by atoms with van der Waals surface area (Å²) in [6, 6.07) is 19.5. The fraction of sp³-hybridized carbons (Fsp3) is 0.250. The Morgan fingerprint density at radius 2 is 1.21 bits per heavy atom. The zero-order chi connectivity index (χ0) is 21.0. The third kappa shape index (κ3) is 5.35. The van der Waals surface area contributed by atoms with Crippen LogP contribution in [-0.4, -0.2) is 12.2 Å². The molecule has 0 radical (unpaired) electrons. The normalized spacial score (nSPS) is 11.0. The smallest absolute Gasteiger partial charge is 0.119 e. The van der Waals surface area contributed by atoms with Gasteiger partial charge in [0.2, 0.25) is 0 Å². The van der Waals surface area contributed by atoms with Crippen LogP contribution in [0.4, 0.5) is 22.7 Å². The Morgan fingerprint density at radius 3 is 1.72 bits per heavy atom. The summed E-state index contributed by atoms with van der Waals surface area (Å²) in [5, 5.41) is 3.37. The molecule has 0 aliphatic heterocycles. The van der Waals surface area contributed by atoms with E-state index in [-0.39, 0.29) is 12.2 Å². The average Bonchev–Trinajstić information content (AvgIpc) is 2.65. The monoisotopic (exact) mass is 391 g/mol. The lowest BCUT2D eigenvalue weighted by atomic mass is 10.0. The lowest BCUT2D eigenvalue weighted by Crippen LogP contribution is -2.05. The van der Waals surface area contributed by atoms with Crippen LogP contribution in [0.2, 0.25) is 0 Å². The van der Waals surface area contributed by atoms with Gasteiger partial charge in [0, 0.05) is 16.9 Å². The molecule has 5 nitrogen and oxygen atoms in total. The van der Waals surface area contributed by atoms with E-state index < -0.39 is 0 Å². The van der Waals surface area contributed by atoms with Gasteiger partial charge in [-0.25, -0.2) is 0 Å². The number of nitrogens with one attached hydrogen (secondary N) is 1. The van der Waals surface area contributed by atoms with Crippen molar-refractivity contribution in [3.05, 3.63) is 60.7 Å². The van der Waals surface area contributed by atoms with Gasteiger partial charge < -0.3 is 26.3 Å². The molecule has 5 heteroatoms. The summed E-state index contributed by atoms with van der Waals surface area (Å²) in [7, 11) is 0. The number of nitrogens with two attached hydrogens (primary N) is 2. The number of benzene rings is 3. The van der Waals surface area contributed by atoms with Gasteiger partial charge in [-0.3, -0.25) is 0 Å². The molecule has 0 fully saturated rings. The molecular formula is C24H29N3O2. The van der Waals surface area contributed by atoms with Gasteiger partial charge >= 0.3 is 0 Å². The highest BCUT2D eigenvalue weighted by atomic mass is 16.5. The molecule has 3 aromatic carbocycles. The molecular weight excluding hydrogens is 362 g/mol. The van der Waals surface area contributed by atoms with Crippen LogP contribution in [0.15, 0.2) is 60.7 Å². The zero-order valence-corrected chi connectivity index (χ0v) is 17.4. The Hall–Kier alpha value is -3.34. The molecule has 0 aromatic heterocycles. The summed E-state index contributed by atoms with van der Waals surface area (Å²) in [4.78, 5) is 0. The maximum Gasteiger partial charge on any atom is 0.119 e. The Kier molecular flexibility index (Phi) is 6.17. The second-order valence-electron chi connectivity index (χ2n) is 7.53. The largest absolute Gasteiger partial charge is 0.491 e. The maximum atomic E-state index is 6.25. The van der Waals surface area contributed by atoms with E-state index in [1.165, 1.54) is 0 Å². The van der Waals surface area contributed by atoms with Crippen molar-refractivity contribution in [3.8, 4) is 22.6 Å². The first kappa shape index (κ1) is 20.4. The molecule has 0 aliphatic carbocycles. The van der Waals surface area contributed by atoms with Crippen molar-refractivity contribution in [1.29, 1.82) is 0 Å². The number of ether oxygens (including phenoxy) is 2. The van der Waals surface area contributed by atoms with Crippen LogP contribution in [0.3, 0.4) is 0 Å². The Labute approximate surface area is 172 Å². The van der Waals surface area contributed by atoms with E-state index in [1.54, 1.807) is 6.07 Å². The van der Waals surface area contributed by atoms with Crippen molar-refractivity contribution < 1.29 is 9.47 Å². The van der Waals surface area contributed by atoms with E-state index in [4.69, 9.17) is 20.9 Å². The summed E-state index contributed by atoms with van der Waals surface area (Å²) in [6.45, 7) is 8.02. The molecule has 29 heavy (non-hydrogen) atoms. The van der Waals surface area contributed by atoms with Gasteiger partial charge in [0.1, 0.15) is 11.5 Å². The van der Waals surface area contributed by atoms with Crippen molar-refractivity contribution in [2.45, 2.75) is 39.9 Å². The fourth-order valence-electron chi connectivity index (χ4n) is 3.02. The molecule has 0 spiro atoms. The quantitative estimate of drug-likeness (QED) is 0.441. The van der Waals surface area contributed by atoms with Crippen LogP contribution >= 0.6 is 0 Å². The standard InChI is InChI=1S/C24H29N3O2/c1-15(2)28-19-9-5-17(6-10-19)21-13-24(23(26)14-22(21)25)27-18-7-11-20(12-8-18)29-16(3)4/h5-16,27H,25-26H2,1-4H3. The van der Waals surface area contributed by atoms with Gasteiger partial charge in [-0.15, -0.1) is 0 Å². The zero-order valence-electron chi connectivity index (χ0n) is 17.4. The molecule has 5 N–H and O–H groups in total. The van der Waals surface area contributed by atoms with E-state index in [9.17, 15) is 0 Å². The number of rotatable bonds is 7. The fourth-order valence-corrected chi connectivity index (χ4v) is 3.02. The van der Waals surface area contributed by atoms with Crippen LogP contribution in [0.5, 0.6) is 11.5 Å². The second-order valence-corrected chi connectivity index (χ2v) is 7.53. The van der Waals surface area contributed by atoms with Gasteiger partial charge in [-0.2, -0.15) is 0 Å². The Bertz CT molecular complexity index is 949. The average molecular weight is 392 g/mol. The molecule has 0 aliphatic rings. The van der Waals surface area contributed by atoms with Crippen molar-refractivity contribution >= 4 is 22.7 Å². The predicted molar refractivity (Wildman–Crippen MR) is 122 cm³/mol. The SMILES string of the molecule is CC(C)Oc1ccc(Nc2cc(-c3ccc(OC(C)C)cc3)c(N)cc2N)cc1. The molecule has 3 aromatic rings. The lowest BCUT2D eigenvalue weighted by Gasteiger charge is -2.15. The van der Waals surface area contributed by atoms with Gasteiger partial charge in [0.05, 0.1) is 23.6 Å². The first-order chi connectivity index (χ1) is 13.8. The van der Waals surface area contributed by atoms with E-state index in [0.29, 0.717) is 11.4 Å². The molecule has 0 saturated carbocycles. The molecule has 152 valence electrons. The maximum absolute atomic E-state index is 6.25. The van der Waals surface area contributed by atoms with Crippen LogP contribution in [0.25, 0.3) is 11.1 Å². The van der Waals surface area contributed by atoms with Gasteiger partial charge in [-0.05, 0) is 81.8 Å². The summed E-state index contributed by atoms with van der Waals surface area (Å²) in [6.07, 6.45) is 0.275. The number of hydrogen-bond acceptors (Lipinski definition) is 5. The van der Waals surface area contributed by atoms with Crippen LogP contribution < -0.4 is 26.3 Å². The highest BCUT2D eigenvalue weighted by Crippen LogP contribution is 2.35. The first-order valence-electron chi connectivity index (χ1n) is 9.81. The first-order valence-corrected chi connectivity index (χ1v) is 9.81. The summed E-state index contributed by atoms with van der Waals surface area (Å²) >= 11 is 0. The highest BCUT2D eigenvalue weighted by molar-refractivity contribution is 5.87. The molecule has 0 amide bonds.